The van der Waals surface area contributed by atoms with Crippen LogP contribution in [0.3, 0.4) is 0 Å². The lowest BCUT2D eigenvalue weighted by molar-refractivity contribution is -0.385. The van der Waals surface area contributed by atoms with Gasteiger partial charge in [0.05, 0.1) is 78.2 Å². The van der Waals surface area contributed by atoms with Gasteiger partial charge < -0.3 is 9.47 Å². The fourth-order valence-corrected chi connectivity index (χ4v) is 18.7. The van der Waals surface area contributed by atoms with Crippen LogP contribution in [-0.2, 0) is 58.0 Å². The number of fused-ring (bicyclic) bond motifs is 6. The topological polar surface area (TPSA) is 251 Å². The Morgan fingerprint density at radius 1 is 0.453 bits per heavy atom. The Morgan fingerprint density at radius 3 is 1.35 bits per heavy atom. The van der Waals surface area contributed by atoms with Crippen molar-refractivity contribution in [3.8, 4) is 12.1 Å². The van der Waals surface area contributed by atoms with Crippen LogP contribution >= 0.6 is 0 Å². The summed E-state index contributed by atoms with van der Waals surface area (Å²) in [6, 6.07) is 80.5. The zero-order valence-electron chi connectivity index (χ0n) is 79.1. The Balaban J connectivity index is 0.000000138. The van der Waals surface area contributed by atoms with E-state index in [2.05, 4.69) is 113 Å². The van der Waals surface area contributed by atoms with E-state index in [-0.39, 0.29) is 69.6 Å². The monoisotopic (exact) mass is 1870 g/mol. The second-order valence-corrected chi connectivity index (χ2v) is 36.3. The predicted octanol–water partition coefficient (Wildman–Crippen LogP) is 27.2. The number of hydrogen-bond acceptors (Lipinski definition) is 14. The van der Waals surface area contributed by atoms with E-state index in [1.807, 2.05) is 89.2 Å². The van der Waals surface area contributed by atoms with E-state index in [1.54, 1.807) is 85.8 Å². The lowest BCUT2D eigenvalue weighted by atomic mass is 9.80. The normalized spacial score (nSPS) is 15.5. The van der Waals surface area contributed by atoms with Gasteiger partial charge in [0.15, 0.2) is 6.29 Å². The first kappa shape index (κ1) is 101. The number of carbonyl (C=O) groups excluding carboxylic acids is 1. The van der Waals surface area contributed by atoms with Gasteiger partial charge in [-0.05, 0) is 308 Å². The van der Waals surface area contributed by atoms with Crippen molar-refractivity contribution in [3.05, 3.63) is 465 Å². The SMILES string of the molecule is CC(C)=NN1CC(c2ccc(F)cc2)Cc2cc(C)ccc21.Cc1cc2c3c(c1)c1c(n3CC(c3ccc(F)cc3)C2)CCN(C)C1.Cc1ccc([N+](=O)[O-])c(/C=C(\C#N)c2ccc(F)cc2)c1.Cc1ccc([N+](=O)[O-])c(C=O)c1.Cc1ccc([N+](=O)[O-])c(CC(C#N)c2ccc(F)cc2)c1.Cc1ccc2c(c1)CC(c1ccc(F)cc1)CC2.Cc1ccc2c(c1)CC(c1ccc(F)cc1)CN2N=O. The van der Waals surface area contributed by atoms with Gasteiger partial charge in [-0.25, -0.2) is 31.4 Å². The first-order chi connectivity index (χ1) is 66.7. The number of aromatic nitrogens is 1. The van der Waals surface area contributed by atoms with Crippen molar-refractivity contribution in [1.82, 2.24) is 9.47 Å². The second-order valence-electron chi connectivity index (χ2n) is 36.3. The van der Waals surface area contributed by atoms with Crippen molar-refractivity contribution < 1.29 is 45.9 Å². The van der Waals surface area contributed by atoms with Gasteiger partial charge in [-0.1, -0.05) is 173 Å². The van der Waals surface area contributed by atoms with Crippen molar-refractivity contribution >= 4 is 63.0 Å². The fraction of sp³-hybridized carbons (Fsp3) is 0.246. The van der Waals surface area contributed by atoms with Crippen LogP contribution in [0.5, 0.6) is 0 Å². The summed E-state index contributed by atoms with van der Waals surface area (Å²) in [4.78, 5) is 54.8. The van der Waals surface area contributed by atoms with Crippen LogP contribution in [0.15, 0.2) is 277 Å². The highest BCUT2D eigenvalue weighted by Gasteiger charge is 2.33. The minimum absolute atomic E-state index is 0.00274. The minimum atomic E-state index is -0.566. The highest BCUT2D eigenvalue weighted by molar-refractivity contribution is 5.92. The Morgan fingerprint density at radius 2 is 0.863 bits per heavy atom. The molecule has 139 heavy (non-hydrogen) atoms. The van der Waals surface area contributed by atoms with Crippen LogP contribution < -0.4 is 10.0 Å². The summed E-state index contributed by atoms with van der Waals surface area (Å²) in [5.41, 5.74) is 29.0. The highest BCUT2D eigenvalue weighted by atomic mass is 19.1. The molecule has 0 saturated carbocycles. The lowest BCUT2D eigenvalue weighted by Crippen LogP contribution is -2.31. The lowest BCUT2D eigenvalue weighted by Gasteiger charge is -2.33. The summed E-state index contributed by atoms with van der Waals surface area (Å²) >= 11 is 0. The van der Waals surface area contributed by atoms with Crippen LogP contribution in [0, 0.1) is 141 Å². The number of aryl methyl sites for hydroxylation is 8. The summed E-state index contributed by atoms with van der Waals surface area (Å²) in [7, 11) is 2.21. The van der Waals surface area contributed by atoms with Gasteiger partial charge in [0.2, 0.25) is 0 Å². The Hall–Kier alpha value is -15.6. The summed E-state index contributed by atoms with van der Waals surface area (Å²) in [6.45, 7) is 22.5. The number of likely N-dealkylation sites (N-methyl/N-ethyl adjacent to an activating group) is 1. The van der Waals surface area contributed by atoms with E-state index in [1.165, 1.54) is 186 Å². The molecule has 4 aliphatic heterocycles. The van der Waals surface area contributed by atoms with Crippen LogP contribution in [0.1, 0.15) is 183 Å². The number of aldehydes is 1. The maximum absolute atomic E-state index is 13.3. The molecule has 14 aromatic rings. The molecular weight excluding hydrogens is 1770 g/mol. The molecule has 0 N–H and O–H groups in total. The molecule has 5 atom stereocenters. The van der Waals surface area contributed by atoms with E-state index in [0.29, 0.717) is 52.8 Å². The smallest absolute Gasteiger partial charge is 0.279 e. The van der Waals surface area contributed by atoms with E-state index >= 15 is 0 Å². The van der Waals surface area contributed by atoms with Gasteiger partial charge in [0, 0.05) is 90.9 Å². The molecule has 0 radical (unpaired) electrons. The molecule has 19 nitrogen and oxygen atoms in total. The molecule has 0 spiro atoms. The number of hydrogen-bond donors (Lipinski definition) is 0. The summed E-state index contributed by atoms with van der Waals surface area (Å²) in [5.74, 6) is -0.609. The number of hydrazone groups is 1. The van der Waals surface area contributed by atoms with Crippen LogP contribution in [0.2, 0.25) is 0 Å². The summed E-state index contributed by atoms with van der Waals surface area (Å²) < 4.78 is 80.9. The van der Waals surface area contributed by atoms with Gasteiger partial charge in [-0.2, -0.15) is 15.6 Å². The molecule has 0 bridgehead atoms. The summed E-state index contributed by atoms with van der Waals surface area (Å²) in [6.07, 6.45) is 9.52. The molecule has 708 valence electrons. The maximum atomic E-state index is 13.3. The van der Waals surface area contributed by atoms with Crippen molar-refractivity contribution in [2.75, 3.05) is 36.7 Å². The minimum Gasteiger partial charge on any atom is -0.343 e. The number of allylic oxidation sites excluding steroid dienone is 1. The molecule has 19 rings (SSSR count). The Bertz CT molecular complexity index is 6980. The third-order valence-corrected chi connectivity index (χ3v) is 25.5. The number of rotatable bonds is 15. The number of carbonyl (C=O) groups is 1. The molecule has 0 amide bonds. The van der Waals surface area contributed by atoms with Crippen LogP contribution in [0.4, 0.5) is 54.8 Å². The third kappa shape index (κ3) is 26.2. The first-order valence-electron chi connectivity index (χ1n) is 45.9. The van der Waals surface area contributed by atoms with Crippen LogP contribution in [-0.4, -0.2) is 62.9 Å². The number of nitro benzene ring substituents is 3. The number of nitro groups is 3. The standard InChI is InChI=1S/C22H23FN2.C19H21FN2.C17H17F.C16H13FN2O2.C16H11FN2O2.C16H15FN2O.C8H7NO3/c1-14-9-16-11-17(15-3-5-18(23)6-4-15)12-25-21-7-8-24(2)13-20(21)19(10-14)22(16)25;1-13(2)21-22-12-17(15-5-7-18(20)8-6-15)11-16-10-14(3)4-9-19(16)22;1-12-2-3-14-4-5-15(11-16(14)10-12)13-6-8-17(18)9-7-13;2*1-11-2-7-16(19(20)21)13(8-11)9-14(10-18)12-3-5-15(17)6-4-12;1-11-2-7-16-13(8-11)9-14(10-19(16)18-20)12-3-5-15(17)6-4-12;1-6-2-3-8(9(11)12)7(4-6)5-10/h3-6,9-10,17H,7-8,11-13H2,1-2H3;4-10,17H,11-12H2,1-3H3;2-3,6-10,15H,4-5,11H2,1H3;2-8,14H,9H2,1H3;2-9H,1H3;2-8,14H,9-10H2,1H3;2-5H,1H3/b;;;;14-9+;;. The van der Waals surface area contributed by atoms with Gasteiger partial charge in [0.25, 0.3) is 17.1 Å². The quantitative estimate of drug-likeness (QED) is 0.0135. The average Bonchev–Trinajstić information content (AvgIpc) is 1.57. The number of benzene rings is 13. The maximum Gasteiger partial charge on any atom is 0.279 e. The molecular formula is C114H107F6N11O8. The van der Waals surface area contributed by atoms with E-state index in [0.717, 1.165) is 109 Å². The first-order valence-corrected chi connectivity index (χ1v) is 45.9. The van der Waals surface area contributed by atoms with Gasteiger partial charge >= 0.3 is 0 Å². The van der Waals surface area contributed by atoms with Gasteiger partial charge in [0.1, 0.15) is 34.9 Å². The fourth-order valence-electron chi connectivity index (χ4n) is 18.7. The number of nitroso groups, excluding NO2 is 1. The van der Waals surface area contributed by atoms with Crippen LogP contribution in [0.25, 0.3) is 22.6 Å². The Kier molecular flexibility index (Phi) is 33.6. The van der Waals surface area contributed by atoms with Crippen molar-refractivity contribution in [3.63, 3.8) is 0 Å². The van der Waals surface area contributed by atoms with E-state index < -0.39 is 26.5 Å². The second kappa shape index (κ2) is 46.3. The molecule has 5 aliphatic rings. The molecule has 5 heterocycles. The zero-order valence-corrected chi connectivity index (χ0v) is 79.1. The summed E-state index contributed by atoms with van der Waals surface area (Å²) in [5, 5.41) is 63.8. The van der Waals surface area contributed by atoms with Crippen molar-refractivity contribution in [1.29, 1.82) is 10.5 Å². The molecule has 25 heteroatoms. The zero-order chi connectivity index (χ0) is 99.4. The van der Waals surface area contributed by atoms with E-state index in [4.69, 9.17) is 0 Å². The van der Waals surface area contributed by atoms with Gasteiger partial charge in [-0.15, -0.1) is 4.91 Å². The molecule has 5 unspecified atom stereocenters. The average molecular weight is 1870 g/mol. The predicted molar refractivity (Wildman–Crippen MR) is 536 cm³/mol. The number of nitriles is 2. The highest BCUT2D eigenvalue weighted by Crippen LogP contribution is 2.43. The molecule has 0 saturated heterocycles. The molecule has 1 aromatic heterocycles. The molecule has 13 aromatic carbocycles. The number of anilines is 2. The Labute approximate surface area is 805 Å². The van der Waals surface area contributed by atoms with Crippen molar-refractivity contribution in [2.45, 2.75) is 156 Å². The third-order valence-electron chi connectivity index (χ3n) is 25.5. The number of nitrogens with zero attached hydrogens (tertiary/aromatic N) is 11. The largest absolute Gasteiger partial charge is 0.343 e. The van der Waals surface area contributed by atoms with Crippen molar-refractivity contribution in [2.24, 2.45) is 10.4 Å². The van der Waals surface area contributed by atoms with E-state index in [9.17, 15) is 76.9 Å². The molecule has 0 fully saturated rings. The molecule has 1 aliphatic carbocycles. The number of halogens is 6. The van der Waals surface area contributed by atoms with Gasteiger partial charge in [-0.3, -0.25) is 40.1 Å².